The van der Waals surface area contributed by atoms with Crippen LogP contribution in [0, 0.1) is 0 Å². The molecule has 0 saturated carbocycles. The van der Waals surface area contributed by atoms with Crippen molar-refractivity contribution in [3.63, 3.8) is 0 Å². The molecule has 0 saturated heterocycles. The van der Waals surface area contributed by atoms with Crippen molar-refractivity contribution in [3.05, 3.63) is 35.4 Å². The minimum atomic E-state index is -0.123. The van der Waals surface area contributed by atoms with Crippen LogP contribution in [-0.4, -0.2) is 35.0 Å². The summed E-state index contributed by atoms with van der Waals surface area (Å²) in [6, 6.07) is 6.70. The third-order valence-corrected chi connectivity index (χ3v) is 3.18. The van der Waals surface area contributed by atoms with Crippen molar-refractivity contribution in [2.45, 2.75) is 13.0 Å². The molecule has 0 bridgehead atoms. The average Bonchev–Trinajstić information content (AvgIpc) is 2.38. The second-order valence-electron chi connectivity index (χ2n) is 3.89. The van der Waals surface area contributed by atoms with Crippen molar-refractivity contribution in [3.8, 4) is 0 Å². The van der Waals surface area contributed by atoms with E-state index in [9.17, 15) is 4.79 Å². The molecule has 1 aromatic carbocycles. The maximum atomic E-state index is 11.8. The van der Waals surface area contributed by atoms with E-state index in [1.807, 2.05) is 13.2 Å². The van der Waals surface area contributed by atoms with Crippen LogP contribution in [0.2, 0.25) is 0 Å². The molecule has 1 amide bonds. The summed E-state index contributed by atoms with van der Waals surface area (Å²) >= 11 is 1.68. The Morgan fingerprint density at radius 3 is 2.50 bits per heavy atom. The molecule has 0 heterocycles. The van der Waals surface area contributed by atoms with E-state index in [0.717, 1.165) is 5.75 Å². The lowest BCUT2D eigenvalue weighted by molar-refractivity contribution is 0.0944. The van der Waals surface area contributed by atoms with E-state index < -0.39 is 0 Å². The van der Waals surface area contributed by atoms with Crippen molar-refractivity contribution >= 4 is 23.5 Å². The van der Waals surface area contributed by atoms with Crippen LogP contribution in [-0.2, 0) is 0 Å². The summed E-state index contributed by atoms with van der Waals surface area (Å²) < 4.78 is 0. The van der Waals surface area contributed by atoms with Gasteiger partial charge in [-0.1, -0.05) is 17.3 Å². The first-order valence-corrected chi connectivity index (χ1v) is 6.85. The van der Waals surface area contributed by atoms with Gasteiger partial charge in [0.1, 0.15) is 0 Å². The number of nitrogens with zero attached hydrogens (tertiary/aromatic N) is 1. The van der Waals surface area contributed by atoms with E-state index in [0.29, 0.717) is 11.1 Å². The van der Waals surface area contributed by atoms with Crippen molar-refractivity contribution < 1.29 is 10.0 Å². The van der Waals surface area contributed by atoms with E-state index in [1.165, 1.54) is 0 Å². The highest BCUT2D eigenvalue weighted by molar-refractivity contribution is 7.98. The molecule has 1 atom stereocenters. The maximum absolute atomic E-state index is 11.8. The first-order valence-electron chi connectivity index (χ1n) is 5.46. The lowest BCUT2D eigenvalue weighted by Gasteiger charge is -2.12. The molecule has 0 radical (unpaired) electrons. The van der Waals surface area contributed by atoms with Gasteiger partial charge in [0.25, 0.3) is 5.91 Å². The molecule has 1 unspecified atom stereocenters. The number of nitrogens with two attached hydrogens (primary N) is 1. The quantitative estimate of drug-likeness (QED) is 0.324. The lowest BCUT2D eigenvalue weighted by atomic mass is 10.1. The number of benzene rings is 1. The maximum Gasteiger partial charge on any atom is 0.251 e. The molecular weight excluding hydrogens is 250 g/mol. The highest BCUT2D eigenvalue weighted by atomic mass is 32.2. The molecule has 1 rings (SSSR count). The topological polar surface area (TPSA) is 87.7 Å². The van der Waals surface area contributed by atoms with E-state index in [-0.39, 0.29) is 17.8 Å². The molecule has 0 aliphatic heterocycles. The number of amides is 1. The average molecular weight is 267 g/mol. The third kappa shape index (κ3) is 3.96. The highest BCUT2D eigenvalue weighted by Crippen LogP contribution is 2.05. The Morgan fingerprint density at radius 1 is 1.44 bits per heavy atom. The van der Waals surface area contributed by atoms with Crippen LogP contribution in [0.1, 0.15) is 22.8 Å². The smallest absolute Gasteiger partial charge is 0.251 e. The van der Waals surface area contributed by atoms with Crippen LogP contribution < -0.4 is 11.1 Å². The summed E-state index contributed by atoms with van der Waals surface area (Å²) in [6.45, 7) is 1.96. The lowest BCUT2D eigenvalue weighted by Crippen LogP contribution is -2.34. The predicted octanol–water partition coefficient (Wildman–Crippen LogP) is 1.26. The molecule has 0 aliphatic rings. The standard InChI is InChI=1S/C12H17N3O2S/c1-8(7-18-2)14-12(16)10-5-3-9(4-6-10)11(13)15-17/h3-6,8,17H,7H2,1-2H3,(H2,13,15)(H,14,16). The number of carbonyl (C=O) groups excluding carboxylic acids is 1. The molecule has 0 spiro atoms. The van der Waals surface area contributed by atoms with Crippen molar-refractivity contribution in [2.24, 2.45) is 10.9 Å². The first kappa shape index (κ1) is 14.4. The number of thioether (sulfide) groups is 1. The Kier molecular flexibility index (Phi) is 5.51. The minimum absolute atomic E-state index is 0.0257. The normalized spacial score (nSPS) is 13.1. The van der Waals surface area contributed by atoms with Gasteiger partial charge < -0.3 is 16.3 Å². The van der Waals surface area contributed by atoms with Gasteiger partial charge in [-0.3, -0.25) is 4.79 Å². The summed E-state index contributed by atoms with van der Waals surface area (Å²) in [4.78, 5) is 11.8. The zero-order valence-corrected chi connectivity index (χ0v) is 11.2. The first-order chi connectivity index (χ1) is 8.58. The molecule has 6 heteroatoms. The fourth-order valence-corrected chi connectivity index (χ4v) is 2.03. The monoisotopic (exact) mass is 267 g/mol. The predicted molar refractivity (Wildman–Crippen MR) is 74.3 cm³/mol. The number of hydrogen-bond donors (Lipinski definition) is 3. The Balaban J connectivity index is 2.70. The summed E-state index contributed by atoms with van der Waals surface area (Å²) in [7, 11) is 0. The number of carbonyl (C=O) groups is 1. The Bertz CT molecular complexity index is 431. The van der Waals surface area contributed by atoms with Gasteiger partial charge in [-0.05, 0) is 25.3 Å². The Morgan fingerprint density at radius 2 is 2.00 bits per heavy atom. The van der Waals surface area contributed by atoms with E-state index in [4.69, 9.17) is 10.9 Å². The van der Waals surface area contributed by atoms with Crippen LogP contribution in [0.15, 0.2) is 29.4 Å². The highest BCUT2D eigenvalue weighted by Gasteiger charge is 2.09. The van der Waals surface area contributed by atoms with Crippen LogP contribution in [0.25, 0.3) is 0 Å². The zero-order chi connectivity index (χ0) is 13.5. The molecule has 18 heavy (non-hydrogen) atoms. The molecule has 5 nitrogen and oxygen atoms in total. The van der Waals surface area contributed by atoms with E-state index in [1.54, 1.807) is 36.0 Å². The van der Waals surface area contributed by atoms with E-state index in [2.05, 4.69) is 10.5 Å². The van der Waals surface area contributed by atoms with Gasteiger partial charge in [-0.25, -0.2) is 0 Å². The van der Waals surface area contributed by atoms with E-state index >= 15 is 0 Å². The number of oxime groups is 1. The van der Waals surface area contributed by atoms with Crippen LogP contribution in [0.4, 0.5) is 0 Å². The van der Waals surface area contributed by atoms with Gasteiger partial charge >= 0.3 is 0 Å². The van der Waals surface area contributed by atoms with Gasteiger partial charge in [0, 0.05) is 22.9 Å². The number of hydrogen-bond acceptors (Lipinski definition) is 4. The van der Waals surface area contributed by atoms with Gasteiger partial charge in [0.2, 0.25) is 0 Å². The number of nitrogens with one attached hydrogen (secondary N) is 1. The van der Waals surface area contributed by atoms with Gasteiger partial charge in [-0.2, -0.15) is 11.8 Å². The van der Waals surface area contributed by atoms with Crippen molar-refractivity contribution in [1.29, 1.82) is 0 Å². The SMILES string of the molecule is CSCC(C)NC(=O)c1ccc(/C(N)=N/O)cc1. The summed E-state index contributed by atoms with van der Waals surface area (Å²) in [5.41, 5.74) is 6.57. The van der Waals surface area contributed by atoms with Gasteiger partial charge in [0.05, 0.1) is 0 Å². The summed E-state index contributed by atoms with van der Waals surface area (Å²) in [5.74, 6) is 0.772. The zero-order valence-electron chi connectivity index (χ0n) is 10.4. The molecule has 98 valence electrons. The molecule has 0 fully saturated rings. The second kappa shape index (κ2) is 6.90. The second-order valence-corrected chi connectivity index (χ2v) is 4.80. The van der Waals surface area contributed by atoms with Gasteiger partial charge in [-0.15, -0.1) is 0 Å². The van der Waals surface area contributed by atoms with Crippen molar-refractivity contribution in [2.75, 3.05) is 12.0 Å². The van der Waals surface area contributed by atoms with Crippen LogP contribution in [0.5, 0.6) is 0 Å². The number of amidine groups is 1. The fraction of sp³-hybridized carbons (Fsp3) is 0.333. The summed E-state index contributed by atoms with van der Waals surface area (Å²) in [5, 5.41) is 14.3. The third-order valence-electron chi connectivity index (χ3n) is 2.34. The molecule has 0 aromatic heterocycles. The molecule has 0 aliphatic carbocycles. The molecular formula is C12H17N3O2S. The Labute approximate surface area is 110 Å². The number of rotatable bonds is 5. The van der Waals surface area contributed by atoms with Crippen LogP contribution >= 0.6 is 11.8 Å². The molecule has 1 aromatic rings. The molecule has 4 N–H and O–H groups in total. The van der Waals surface area contributed by atoms with Crippen LogP contribution in [0.3, 0.4) is 0 Å². The fourth-order valence-electron chi connectivity index (χ4n) is 1.45. The Hall–Kier alpha value is -1.69. The van der Waals surface area contributed by atoms with Gasteiger partial charge in [0.15, 0.2) is 5.84 Å². The summed E-state index contributed by atoms with van der Waals surface area (Å²) in [6.07, 6.45) is 1.99. The minimum Gasteiger partial charge on any atom is -0.409 e. The largest absolute Gasteiger partial charge is 0.409 e. The van der Waals surface area contributed by atoms with Crippen molar-refractivity contribution in [1.82, 2.24) is 5.32 Å².